The molecule has 9 rings (SSSR count). The molecule has 0 aliphatic carbocycles. The molecule has 4 heteroatoms. The van der Waals surface area contributed by atoms with E-state index in [0.29, 0.717) is 28.2 Å². The summed E-state index contributed by atoms with van der Waals surface area (Å²) in [6.45, 7) is 14.3. The fourth-order valence-corrected chi connectivity index (χ4v) is 8.55. The summed E-state index contributed by atoms with van der Waals surface area (Å²) in [5.74, 6) is 0.731. The van der Waals surface area contributed by atoms with Crippen molar-refractivity contribution in [3.63, 3.8) is 0 Å². The fourth-order valence-electron chi connectivity index (χ4n) is 8.55. The van der Waals surface area contributed by atoms with Crippen molar-refractivity contribution in [3.8, 4) is 78.6 Å². The van der Waals surface area contributed by atoms with E-state index in [1.54, 1.807) is 18.3 Å². The first-order chi connectivity index (χ1) is 33.0. The number of aryl methyl sites for hydroxylation is 2. The highest BCUT2D eigenvalue weighted by Crippen LogP contribution is 2.45. The first kappa shape index (κ1) is 33.6. The number of fused-ring (bicyclic) bond motifs is 1. The zero-order valence-electron chi connectivity index (χ0n) is 44.1. The van der Waals surface area contributed by atoms with Crippen LogP contribution in [-0.4, -0.2) is 19.6 Å². The van der Waals surface area contributed by atoms with E-state index in [4.69, 9.17) is 19.6 Å². The van der Waals surface area contributed by atoms with Gasteiger partial charge in [-0.2, -0.15) is 0 Å². The van der Waals surface area contributed by atoms with Crippen molar-refractivity contribution in [3.05, 3.63) is 192 Å². The number of phenols is 1. The molecule has 0 atom stereocenters. The summed E-state index contributed by atoms with van der Waals surface area (Å²) in [6.07, 6.45) is 1.57. The van der Waals surface area contributed by atoms with Crippen LogP contribution in [0.4, 0.5) is 0 Å². The molecule has 0 bridgehead atoms. The molecule has 4 nitrogen and oxygen atoms in total. The van der Waals surface area contributed by atoms with Crippen LogP contribution in [0.1, 0.15) is 79.0 Å². The third-order valence-electron chi connectivity index (χ3n) is 11.8. The normalized spacial score (nSPS) is 13.7. The Bertz CT molecular complexity index is 3480. The van der Waals surface area contributed by atoms with E-state index in [2.05, 4.69) is 137 Å². The number of hydrogen-bond donors (Lipinski definition) is 1. The van der Waals surface area contributed by atoms with Gasteiger partial charge in [-0.25, -0.2) is 4.98 Å². The van der Waals surface area contributed by atoms with E-state index in [1.807, 2.05) is 44.2 Å². The van der Waals surface area contributed by atoms with Gasteiger partial charge in [0.25, 0.3) is 0 Å². The molecule has 0 saturated carbocycles. The van der Waals surface area contributed by atoms with Crippen LogP contribution in [0.2, 0.25) is 0 Å². The second kappa shape index (κ2) is 16.0. The van der Waals surface area contributed by atoms with E-state index in [9.17, 15) is 5.11 Å². The summed E-state index contributed by atoms with van der Waals surface area (Å²) in [5.41, 5.74) is 13.4. The third kappa shape index (κ3) is 7.98. The summed E-state index contributed by atoms with van der Waals surface area (Å²) < 4.78 is 60.9. The molecular formula is C59H55N3O. The number of benzene rings is 7. The number of aromatic nitrogens is 3. The number of hydrogen-bond acceptors (Lipinski definition) is 3. The van der Waals surface area contributed by atoms with Gasteiger partial charge in [-0.15, -0.1) is 0 Å². The number of imidazole rings is 1. The van der Waals surface area contributed by atoms with Crippen LogP contribution in [0, 0.1) is 20.7 Å². The molecule has 0 aliphatic rings. The van der Waals surface area contributed by atoms with E-state index in [0.717, 1.165) is 66.8 Å². The third-order valence-corrected chi connectivity index (χ3v) is 11.8. The molecule has 2 aromatic heterocycles. The zero-order valence-corrected chi connectivity index (χ0v) is 37.1. The van der Waals surface area contributed by atoms with Gasteiger partial charge < -0.3 is 5.11 Å². The Morgan fingerprint density at radius 1 is 0.556 bits per heavy atom. The predicted molar refractivity (Wildman–Crippen MR) is 265 cm³/mol. The van der Waals surface area contributed by atoms with Gasteiger partial charge in [0.15, 0.2) is 0 Å². The minimum atomic E-state index is -2.82. The van der Waals surface area contributed by atoms with E-state index in [-0.39, 0.29) is 22.1 Å². The van der Waals surface area contributed by atoms with E-state index in [1.165, 1.54) is 5.56 Å². The molecule has 0 amide bonds. The zero-order chi connectivity index (χ0) is 50.2. The van der Waals surface area contributed by atoms with Gasteiger partial charge in [0.1, 0.15) is 11.6 Å². The Hall–Kier alpha value is -7.04. The lowest BCUT2D eigenvalue weighted by molar-refractivity contribution is 0.472. The second-order valence-corrected chi connectivity index (χ2v) is 18.5. The molecule has 1 N–H and O–H groups in total. The number of para-hydroxylation sites is 1. The van der Waals surface area contributed by atoms with Crippen LogP contribution in [-0.2, 0) is 10.8 Å². The van der Waals surface area contributed by atoms with Crippen LogP contribution in [0.15, 0.2) is 164 Å². The molecule has 312 valence electrons. The molecule has 0 radical (unpaired) electrons. The SMILES string of the molecule is [2H]c1c([2H])c(C([2H])([2H])[2H])c([2H])c([2H])c1-c1ccnc(-c2cc(-c3cccc4c3nc(-c3cc(C)cc(C)c3O)n4-c3cc(-c4ccccc4)c(C(C)(C)C)cc3-c3ccccc3)cc(C(C)(C)C)c2)c1. The van der Waals surface area contributed by atoms with Crippen LogP contribution < -0.4 is 0 Å². The van der Waals surface area contributed by atoms with Gasteiger partial charge in [0.2, 0.25) is 0 Å². The molecule has 0 aliphatic heterocycles. The van der Waals surface area contributed by atoms with Gasteiger partial charge in [0.05, 0.1) is 33.5 Å². The van der Waals surface area contributed by atoms with Crippen molar-refractivity contribution >= 4 is 11.0 Å². The molecule has 0 unspecified atom stereocenters. The Labute approximate surface area is 382 Å². The minimum Gasteiger partial charge on any atom is -0.507 e. The van der Waals surface area contributed by atoms with Crippen molar-refractivity contribution in [2.24, 2.45) is 0 Å². The number of phenolic OH excluding ortho intramolecular Hbond substituents is 1. The second-order valence-electron chi connectivity index (χ2n) is 18.5. The van der Waals surface area contributed by atoms with Gasteiger partial charge in [-0.3, -0.25) is 9.55 Å². The molecule has 63 heavy (non-hydrogen) atoms. The lowest BCUT2D eigenvalue weighted by Gasteiger charge is -2.27. The van der Waals surface area contributed by atoms with Crippen molar-refractivity contribution in [2.45, 2.75) is 73.1 Å². The number of rotatable bonds is 7. The fraction of sp³-hybridized carbons (Fsp3) is 0.186. The van der Waals surface area contributed by atoms with Crippen LogP contribution in [0.5, 0.6) is 5.75 Å². The van der Waals surface area contributed by atoms with Gasteiger partial charge in [0, 0.05) is 27.0 Å². The molecule has 7 aromatic carbocycles. The maximum atomic E-state index is 12.0. The van der Waals surface area contributed by atoms with Gasteiger partial charge in [-0.1, -0.05) is 156 Å². The molecule has 9 aromatic rings. The van der Waals surface area contributed by atoms with Crippen LogP contribution in [0.3, 0.4) is 0 Å². The average molecular weight is 829 g/mol. The minimum absolute atomic E-state index is 0.00264. The van der Waals surface area contributed by atoms with E-state index >= 15 is 0 Å². The largest absolute Gasteiger partial charge is 0.507 e. The Morgan fingerprint density at radius 3 is 1.90 bits per heavy atom. The first-order valence-electron chi connectivity index (χ1n) is 24.9. The molecular weight excluding hydrogens is 767 g/mol. The molecule has 2 heterocycles. The number of nitrogens with zero attached hydrogens (tertiary/aromatic N) is 3. The van der Waals surface area contributed by atoms with Crippen LogP contribution >= 0.6 is 0 Å². The lowest BCUT2D eigenvalue weighted by atomic mass is 9.79. The summed E-state index contributed by atoms with van der Waals surface area (Å²) in [4.78, 5) is 10.3. The molecule has 0 fully saturated rings. The predicted octanol–water partition coefficient (Wildman–Crippen LogP) is 15.6. The summed E-state index contributed by atoms with van der Waals surface area (Å²) in [5, 5.41) is 12.0. The van der Waals surface area contributed by atoms with E-state index < -0.39 is 36.6 Å². The van der Waals surface area contributed by atoms with Crippen molar-refractivity contribution < 1.29 is 14.7 Å². The molecule has 0 spiro atoms. The topological polar surface area (TPSA) is 50.9 Å². The average Bonchev–Trinajstić information content (AvgIpc) is 3.71. The number of pyridine rings is 1. The standard InChI is InChI=1S/C59H55N3O/c1-37-23-25-40(26-24-37)43-27-28-60-52(34-43)45-31-44(32-46(33-45)58(4,5)6)47-21-16-22-53-55(47)61-57(50-30-38(2)29-39(3)56(50)63)62(53)54-36-48(41-17-12-10-13-18-41)51(59(7,8)9)35-49(54)42-19-14-11-15-20-42/h10-36,63H,1-9H3/i1D3,23D,24D,25D,26D. The summed E-state index contributed by atoms with van der Waals surface area (Å²) >= 11 is 0. The first-order valence-corrected chi connectivity index (χ1v) is 21.4. The highest BCUT2D eigenvalue weighted by atomic mass is 16.3. The Kier molecular flexibility index (Phi) is 8.53. The van der Waals surface area contributed by atoms with Crippen molar-refractivity contribution in [1.29, 1.82) is 0 Å². The lowest BCUT2D eigenvalue weighted by Crippen LogP contribution is -2.14. The Morgan fingerprint density at radius 2 is 1.24 bits per heavy atom. The highest BCUT2D eigenvalue weighted by molar-refractivity contribution is 5.98. The smallest absolute Gasteiger partial charge is 0.149 e. The van der Waals surface area contributed by atoms with Gasteiger partial charge in [-0.05, 0) is 136 Å². The van der Waals surface area contributed by atoms with Crippen molar-refractivity contribution in [1.82, 2.24) is 14.5 Å². The maximum absolute atomic E-state index is 12.0. The maximum Gasteiger partial charge on any atom is 0.149 e. The van der Waals surface area contributed by atoms with Gasteiger partial charge >= 0.3 is 0 Å². The quantitative estimate of drug-likeness (QED) is 0.174. The highest BCUT2D eigenvalue weighted by Gasteiger charge is 2.27. The summed E-state index contributed by atoms with van der Waals surface area (Å²) in [6, 6.07) is 43.2. The number of aromatic hydroxyl groups is 1. The Balaban J connectivity index is 1.34. The molecule has 0 saturated heterocycles. The van der Waals surface area contributed by atoms with Crippen molar-refractivity contribution in [2.75, 3.05) is 0 Å². The van der Waals surface area contributed by atoms with Crippen LogP contribution in [0.25, 0.3) is 83.9 Å². The summed E-state index contributed by atoms with van der Waals surface area (Å²) in [7, 11) is 0. The monoisotopic (exact) mass is 828 g/mol.